The first-order chi connectivity index (χ1) is 9.48. The van der Waals surface area contributed by atoms with E-state index < -0.39 is 10.0 Å². The fourth-order valence-electron chi connectivity index (χ4n) is 2.51. The van der Waals surface area contributed by atoms with Crippen LogP contribution in [0.1, 0.15) is 25.3 Å². The van der Waals surface area contributed by atoms with E-state index in [0.29, 0.717) is 24.8 Å². The Labute approximate surface area is 125 Å². The Balaban J connectivity index is 2.42. The molecule has 0 saturated carbocycles. The van der Waals surface area contributed by atoms with E-state index in [0.717, 1.165) is 18.4 Å². The molecule has 1 heterocycles. The molecule has 0 aromatic heterocycles. The Morgan fingerprint density at radius 3 is 2.80 bits per heavy atom. The minimum atomic E-state index is -3.52. The molecule has 0 bridgehead atoms. The van der Waals surface area contributed by atoms with Crippen LogP contribution in [0.15, 0.2) is 23.1 Å². The number of hydrogen-bond acceptors (Lipinski definition) is 3. The van der Waals surface area contributed by atoms with Crippen molar-refractivity contribution in [3.05, 3.63) is 23.8 Å². The Kier molecular flexibility index (Phi) is 4.94. The Morgan fingerprint density at radius 1 is 1.45 bits per heavy atom. The molecule has 20 heavy (non-hydrogen) atoms. The maximum absolute atomic E-state index is 12.8. The van der Waals surface area contributed by atoms with Gasteiger partial charge in [-0.05, 0) is 36.5 Å². The molecule has 1 unspecified atom stereocenters. The van der Waals surface area contributed by atoms with Gasteiger partial charge in [0.1, 0.15) is 10.6 Å². The lowest BCUT2D eigenvalue weighted by Gasteiger charge is -2.30. The first kappa shape index (κ1) is 15.6. The quantitative estimate of drug-likeness (QED) is 0.802. The van der Waals surface area contributed by atoms with Gasteiger partial charge in [0.05, 0.1) is 7.11 Å². The van der Waals surface area contributed by atoms with Gasteiger partial charge in [0.2, 0.25) is 10.0 Å². The summed E-state index contributed by atoms with van der Waals surface area (Å²) in [4.78, 5) is 0.215. The van der Waals surface area contributed by atoms with Crippen LogP contribution < -0.4 is 4.74 Å². The first-order valence-electron chi connectivity index (χ1n) is 6.72. The van der Waals surface area contributed by atoms with Gasteiger partial charge >= 0.3 is 0 Å². The van der Waals surface area contributed by atoms with Crippen LogP contribution in [0.5, 0.6) is 5.75 Å². The zero-order valence-corrected chi connectivity index (χ0v) is 13.4. The second-order valence-electron chi connectivity index (χ2n) is 5.23. The molecule has 2 rings (SSSR count). The minimum Gasteiger partial charge on any atom is -0.495 e. The number of nitrogens with zero attached hydrogens (tertiary/aromatic N) is 1. The standard InChI is InChI=1S/C14H20ClNO3S/c1-11-4-3-7-16(10-11)20(17,18)14-8-12(9-15)5-6-13(14)19-2/h5-6,8,11H,3-4,7,9-10H2,1-2H3. The van der Waals surface area contributed by atoms with Crippen molar-refractivity contribution in [3.63, 3.8) is 0 Å². The molecular formula is C14H20ClNO3S. The van der Waals surface area contributed by atoms with Crippen molar-refractivity contribution in [1.29, 1.82) is 0 Å². The van der Waals surface area contributed by atoms with Crippen molar-refractivity contribution in [2.45, 2.75) is 30.5 Å². The predicted octanol–water partition coefficient (Wildman–Crippen LogP) is 2.85. The second kappa shape index (κ2) is 6.33. The Hall–Kier alpha value is -0.780. The van der Waals surface area contributed by atoms with Gasteiger partial charge in [-0.2, -0.15) is 4.31 Å². The number of benzene rings is 1. The lowest BCUT2D eigenvalue weighted by atomic mass is 10.0. The molecule has 0 N–H and O–H groups in total. The molecule has 0 spiro atoms. The van der Waals surface area contributed by atoms with Crippen molar-refractivity contribution in [3.8, 4) is 5.75 Å². The summed E-state index contributed by atoms with van der Waals surface area (Å²) < 4.78 is 32.3. The van der Waals surface area contributed by atoms with Crippen LogP contribution in [-0.2, 0) is 15.9 Å². The minimum absolute atomic E-state index is 0.215. The summed E-state index contributed by atoms with van der Waals surface area (Å²) in [6.07, 6.45) is 1.97. The summed E-state index contributed by atoms with van der Waals surface area (Å²) in [6, 6.07) is 5.06. The topological polar surface area (TPSA) is 46.6 Å². The van der Waals surface area contributed by atoms with E-state index in [1.807, 2.05) is 0 Å². The number of hydrogen-bond donors (Lipinski definition) is 0. The van der Waals surface area contributed by atoms with Crippen molar-refractivity contribution >= 4 is 21.6 Å². The van der Waals surface area contributed by atoms with Crippen LogP contribution in [0, 0.1) is 5.92 Å². The van der Waals surface area contributed by atoms with Crippen LogP contribution in [0.25, 0.3) is 0 Å². The third kappa shape index (κ3) is 3.10. The van der Waals surface area contributed by atoms with Gasteiger partial charge < -0.3 is 4.74 Å². The third-order valence-electron chi connectivity index (χ3n) is 3.62. The summed E-state index contributed by atoms with van der Waals surface area (Å²) in [7, 11) is -2.04. The molecule has 1 aliphatic rings. The number of methoxy groups -OCH3 is 1. The number of alkyl halides is 1. The zero-order valence-electron chi connectivity index (χ0n) is 11.8. The molecule has 1 saturated heterocycles. The molecule has 0 radical (unpaired) electrons. The molecular weight excluding hydrogens is 298 g/mol. The van der Waals surface area contributed by atoms with Crippen molar-refractivity contribution in [2.24, 2.45) is 5.92 Å². The smallest absolute Gasteiger partial charge is 0.246 e. The van der Waals surface area contributed by atoms with E-state index in [2.05, 4.69) is 6.92 Å². The van der Waals surface area contributed by atoms with E-state index >= 15 is 0 Å². The average Bonchev–Trinajstić information content (AvgIpc) is 2.46. The molecule has 4 nitrogen and oxygen atoms in total. The summed E-state index contributed by atoms with van der Waals surface area (Å²) in [6.45, 7) is 3.21. The largest absolute Gasteiger partial charge is 0.495 e. The average molecular weight is 318 g/mol. The van der Waals surface area contributed by atoms with E-state index in [1.165, 1.54) is 7.11 Å². The second-order valence-corrected chi connectivity index (χ2v) is 7.40. The lowest BCUT2D eigenvalue weighted by molar-refractivity contribution is 0.280. The summed E-state index contributed by atoms with van der Waals surface area (Å²) in [5.74, 6) is 1.04. The fourth-order valence-corrected chi connectivity index (χ4v) is 4.48. The van der Waals surface area contributed by atoms with E-state index in [9.17, 15) is 8.42 Å². The van der Waals surface area contributed by atoms with Gasteiger partial charge in [-0.1, -0.05) is 13.0 Å². The van der Waals surface area contributed by atoms with E-state index in [1.54, 1.807) is 22.5 Å². The Bertz CT molecular complexity index is 574. The van der Waals surface area contributed by atoms with Crippen LogP contribution in [0.3, 0.4) is 0 Å². The molecule has 112 valence electrons. The predicted molar refractivity (Wildman–Crippen MR) is 79.7 cm³/mol. The summed E-state index contributed by atoms with van der Waals surface area (Å²) in [5, 5.41) is 0. The fraction of sp³-hybridized carbons (Fsp3) is 0.571. The van der Waals surface area contributed by atoms with E-state index in [-0.39, 0.29) is 10.8 Å². The molecule has 0 aliphatic carbocycles. The number of sulfonamides is 1. The molecule has 1 aromatic carbocycles. The summed E-state index contributed by atoms with van der Waals surface area (Å²) >= 11 is 5.80. The van der Waals surface area contributed by atoms with Crippen LogP contribution in [-0.4, -0.2) is 32.9 Å². The first-order valence-corrected chi connectivity index (χ1v) is 8.69. The molecule has 1 aromatic rings. The molecule has 1 aliphatic heterocycles. The third-order valence-corrected chi connectivity index (χ3v) is 5.81. The zero-order chi connectivity index (χ0) is 14.8. The van der Waals surface area contributed by atoms with Crippen LogP contribution in [0.2, 0.25) is 0 Å². The van der Waals surface area contributed by atoms with Gasteiger partial charge in [0.15, 0.2) is 0 Å². The molecule has 6 heteroatoms. The molecule has 1 fully saturated rings. The van der Waals surface area contributed by atoms with Gasteiger partial charge in [-0.15, -0.1) is 11.6 Å². The monoisotopic (exact) mass is 317 g/mol. The highest BCUT2D eigenvalue weighted by molar-refractivity contribution is 7.89. The highest BCUT2D eigenvalue weighted by Gasteiger charge is 2.31. The normalized spacial score (nSPS) is 20.9. The van der Waals surface area contributed by atoms with Crippen molar-refractivity contribution in [2.75, 3.05) is 20.2 Å². The molecule has 0 amide bonds. The molecule has 1 atom stereocenters. The van der Waals surface area contributed by atoms with Gasteiger partial charge in [-0.25, -0.2) is 8.42 Å². The van der Waals surface area contributed by atoms with Crippen LogP contribution >= 0.6 is 11.6 Å². The van der Waals surface area contributed by atoms with E-state index in [4.69, 9.17) is 16.3 Å². The maximum atomic E-state index is 12.8. The lowest BCUT2D eigenvalue weighted by Crippen LogP contribution is -2.39. The number of halogens is 1. The van der Waals surface area contributed by atoms with Gasteiger partial charge in [0, 0.05) is 19.0 Å². The van der Waals surface area contributed by atoms with Gasteiger partial charge in [-0.3, -0.25) is 0 Å². The van der Waals surface area contributed by atoms with Crippen LogP contribution in [0.4, 0.5) is 0 Å². The maximum Gasteiger partial charge on any atom is 0.246 e. The summed E-state index contributed by atoms with van der Waals surface area (Å²) in [5.41, 5.74) is 0.774. The van der Waals surface area contributed by atoms with Crippen molar-refractivity contribution in [1.82, 2.24) is 4.31 Å². The number of piperidine rings is 1. The highest BCUT2D eigenvalue weighted by Crippen LogP contribution is 2.30. The highest BCUT2D eigenvalue weighted by atomic mass is 35.5. The SMILES string of the molecule is COc1ccc(CCl)cc1S(=O)(=O)N1CCCC(C)C1. The Morgan fingerprint density at radius 2 is 2.20 bits per heavy atom. The van der Waals surface area contributed by atoms with Gasteiger partial charge in [0.25, 0.3) is 0 Å². The number of rotatable bonds is 4. The van der Waals surface area contributed by atoms with Crippen molar-refractivity contribution < 1.29 is 13.2 Å². The number of ether oxygens (including phenoxy) is 1.